The Balaban J connectivity index is 2.12. The van der Waals surface area contributed by atoms with Gasteiger partial charge >= 0.3 is 5.97 Å². The summed E-state index contributed by atoms with van der Waals surface area (Å²) >= 11 is 11.7. The summed E-state index contributed by atoms with van der Waals surface area (Å²) in [5, 5.41) is 12.2. The van der Waals surface area contributed by atoms with E-state index in [-0.39, 0.29) is 0 Å². The van der Waals surface area contributed by atoms with Crippen molar-refractivity contribution in [2.75, 3.05) is 5.32 Å². The monoisotopic (exact) mass is 467 g/mol. The zero-order valence-corrected chi connectivity index (χ0v) is 15.0. The van der Waals surface area contributed by atoms with Crippen molar-refractivity contribution < 1.29 is 9.90 Å². The van der Waals surface area contributed by atoms with Gasteiger partial charge in [0.15, 0.2) is 0 Å². The Bertz CT molecular complexity index is 604. The van der Waals surface area contributed by atoms with E-state index in [0.29, 0.717) is 11.4 Å². The zero-order valence-electron chi connectivity index (χ0n) is 9.41. The van der Waals surface area contributed by atoms with Gasteiger partial charge in [0, 0.05) is 24.8 Å². The number of hydrogen-bond acceptors (Lipinski definition) is 3. The van der Waals surface area contributed by atoms with Crippen molar-refractivity contribution in [3.05, 3.63) is 47.4 Å². The molecule has 0 aliphatic carbocycles. The van der Waals surface area contributed by atoms with E-state index < -0.39 is 5.97 Å². The molecule has 2 rings (SSSR count). The molecule has 0 bridgehead atoms. The van der Waals surface area contributed by atoms with E-state index in [1.165, 1.54) is 11.3 Å². The number of carboxylic acid groups (broad SMARTS) is 1. The van der Waals surface area contributed by atoms with Crippen LogP contribution in [-0.4, -0.2) is 11.1 Å². The number of benzene rings is 1. The van der Waals surface area contributed by atoms with Gasteiger partial charge in [0.1, 0.15) is 4.88 Å². The summed E-state index contributed by atoms with van der Waals surface area (Å²) in [6.45, 7) is 0.580. The molecule has 0 saturated carbocycles. The van der Waals surface area contributed by atoms with Gasteiger partial charge in [-0.05, 0) is 56.1 Å². The second-order valence-corrected chi connectivity index (χ2v) is 7.46. The van der Waals surface area contributed by atoms with Crippen LogP contribution in [0.25, 0.3) is 0 Å². The van der Waals surface area contributed by atoms with E-state index in [2.05, 4.69) is 53.1 Å². The molecule has 0 spiro atoms. The highest BCUT2D eigenvalue weighted by molar-refractivity contribution is 9.11. The lowest BCUT2D eigenvalue weighted by Gasteiger charge is -2.10. The van der Waals surface area contributed by atoms with Crippen molar-refractivity contribution in [1.29, 1.82) is 0 Å². The van der Waals surface area contributed by atoms with Crippen molar-refractivity contribution in [2.24, 2.45) is 0 Å². The molecule has 0 saturated heterocycles. The van der Waals surface area contributed by atoms with Gasteiger partial charge < -0.3 is 10.4 Å². The lowest BCUT2D eigenvalue weighted by atomic mass is 10.3. The van der Waals surface area contributed by atoms with Gasteiger partial charge in [0.25, 0.3) is 0 Å². The van der Waals surface area contributed by atoms with Crippen LogP contribution in [0.4, 0.5) is 5.69 Å². The van der Waals surface area contributed by atoms with Crippen molar-refractivity contribution >= 4 is 70.8 Å². The highest BCUT2D eigenvalue weighted by atomic mass is 79.9. The van der Waals surface area contributed by atoms with E-state index >= 15 is 0 Å². The Morgan fingerprint density at radius 1 is 1.21 bits per heavy atom. The van der Waals surface area contributed by atoms with Crippen LogP contribution in [0.3, 0.4) is 0 Å². The minimum absolute atomic E-state index is 0.353. The molecular weight excluding hydrogens is 462 g/mol. The fourth-order valence-corrected chi connectivity index (χ4v) is 4.80. The lowest BCUT2D eigenvalue weighted by Crippen LogP contribution is -1.99. The number of thiophene rings is 1. The molecule has 0 fully saturated rings. The van der Waals surface area contributed by atoms with Gasteiger partial charge in [-0.1, -0.05) is 15.9 Å². The maximum atomic E-state index is 10.8. The second kappa shape index (κ2) is 6.39. The molecule has 1 heterocycles. The number of halogens is 3. The van der Waals surface area contributed by atoms with Crippen LogP contribution in [0.2, 0.25) is 0 Å². The van der Waals surface area contributed by atoms with E-state index in [9.17, 15) is 4.79 Å². The Labute approximate surface area is 139 Å². The topological polar surface area (TPSA) is 49.3 Å². The van der Waals surface area contributed by atoms with Crippen molar-refractivity contribution in [2.45, 2.75) is 6.54 Å². The summed E-state index contributed by atoms with van der Waals surface area (Å²) < 4.78 is 2.84. The first kappa shape index (κ1) is 15.0. The minimum atomic E-state index is -0.887. The third-order valence-corrected chi connectivity index (χ3v) is 5.10. The highest BCUT2D eigenvalue weighted by Crippen LogP contribution is 2.34. The van der Waals surface area contributed by atoms with Gasteiger partial charge in [0.2, 0.25) is 0 Å². The Morgan fingerprint density at radius 2 is 1.84 bits per heavy atom. The summed E-state index contributed by atoms with van der Waals surface area (Å²) in [6, 6.07) is 7.34. The van der Waals surface area contributed by atoms with Gasteiger partial charge in [-0.3, -0.25) is 0 Å². The highest BCUT2D eigenvalue weighted by Gasteiger charge is 2.09. The number of carbonyl (C=O) groups is 1. The molecule has 0 unspecified atom stereocenters. The molecule has 0 aliphatic rings. The van der Waals surface area contributed by atoms with Gasteiger partial charge in [0.05, 0.1) is 5.69 Å². The van der Waals surface area contributed by atoms with Crippen LogP contribution < -0.4 is 5.32 Å². The van der Waals surface area contributed by atoms with E-state index in [4.69, 9.17) is 5.11 Å². The average molecular weight is 470 g/mol. The molecule has 0 radical (unpaired) electrons. The Morgan fingerprint density at radius 3 is 2.37 bits per heavy atom. The molecule has 7 heteroatoms. The third-order valence-electron chi connectivity index (χ3n) is 2.32. The fourth-order valence-electron chi connectivity index (χ4n) is 1.47. The predicted octanol–water partition coefficient (Wildman–Crippen LogP) is 5.35. The average Bonchev–Trinajstić information content (AvgIpc) is 2.76. The molecule has 3 nitrogen and oxygen atoms in total. The van der Waals surface area contributed by atoms with E-state index in [1.807, 2.05) is 18.2 Å². The molecule has 100 valence electrons. The van der Waals surface area contributed by atoms with E-state index in [1.54, 1.807) is 6.07 Å². The maximum Gasteiger partial charge on any atom is 0.345 e. The molecule has 0 atom stereocenters. The molecule has 19 heavy (non-hydrogen) atoms. The normalized spacial score (nSPS) is 10.5. The number of nitrogens with one attached hydrogen (secondary N) is 1. The lowest BCUT2D eigenvalue weighted by molar-refractivity contribution is 0.0702. The van der Waals surface area contributed by atoms with E-state index in [0.717, 1.165) is 24.0 Å². The number of carboxylic acids is 1. The molecular formula is C12H8Br3NO2S. The quantitative estimate of drug-likeness (QED) is 0.635. The predicted molar refractivity (Wildman–Crippen MR) is 88.1 cm³/mol. The van der Waals surface area contributed by atoms with Crippen LogP contribution in [-0.2, 0) is 6.54 Å². The number of rotatable bonds is 4. The van der Waals surface area contributed by atoms with Crippen molar-refractivity contribution in [3.8, 4) is 0 Å². The van der Waals surface area contributed by atoms with Crippen molar-refractivity contribution in [3.63, 3.8) is 0 Å². The first-order valence-corrected chi connectivity index (χ1v) is 8.37. The largest absolute Gasteiger partial charge is 0.477 e. The SMILES string of the molecule is O=C(O)c1ccc(CNc2c(Br)cc(Br)cc2Br)s1. The van der Waals surface area contributed by atoms with Gasteiger partial charge in [-0.25, -0.2) is 4.79 Å². The van der Waals surface area contributed by atoms with Gasteiger partial charge in [-0.2, -0.15) is 0 Å². The molecule has 0 amide bonds. The van der Waals surface area contributed by atoms with Crippen LogP contribution in [0.5, 0.6) is 0 Å². The molecule has 1 aromatic heterocycles. The minimum Gasteiger partial charge on any atom is -0.477 e. The van der Waals surface area contributed by atoms with Crippen LogP contribution in [0.1, 0.15) is 14.5 Å². The van der Waals surface area contributed by atoms with Crippen LogP contribution >= 0.6 is 59.1 Å². The first-order chi connectivity index (χ1) is 8.97. The Hall–Kier alpha value is -0.370. The maximum absolute atomic E-state index is 10.8. The molecule has 0 aliphatic heterocycles. The van der Waals surface area contributed by atoms with Crippen LogP contribution in [0.15, 0.2) is 37.7 Å². The summed E-state index contributed by atoms with van der Waals surface area (Å²) in [4.78, 5) is 12.1. The molecule has 2 aromatic rings. The summed E-state index contributed by atoms with van der Waals surface area (Å²) in [5.41, 5.74) is 0.938. The van der Waals surface area contributed by atoms with Crippen LogP contribution in [0, 0.1) is 0 Å². The Kier molecular flexibility index (Phi) is 5.05. The molecule has 2 N–H and O–H groups in total. The third kappa shape index (κ3) is 3.81. The summed E-state index contributed by atoms with van der Waals surface area (Å²) in [6.07, 6.45) is 0. The zero-order chi connectivity index (χ0) is 14.0. The second-order valence-electron chi connectivity index (χ2n) is 3.67. The first-order valence-electron chi connectivity index (χ1n) is 5.18. The van der Waals surface area contributed by atoms with Crippen molar-refractivity contribution in [1.82, 2.24) is 0 Å². The smallest absolute Gasteiger partial charge is 0.345 e. The number of aromatic carboxylic acids is 1. The number of hydrogen-bond donors (Lipinski definition) is 2. The number of anilines is 1. The molecule has 1 aromatic carbocycles. The fraction of sp³-hybridized carbons (Fsp3) is 0.0833. The summed E-state index contributed by atoms with van der Waals surface area (Å²) in [5.74, 6) is -0.887. The summed E-state index contributed by atoms with van der Waals surface area (Å²) in [7, 11) is 0. The van der Waals surface area contributed by atoms with Gasteiger partial charge in [-0.15, -0.1) is 11.3 Å². The standard InChI is InChI=1S/C12H8Br3NO2S/c13-6-3-8(14)11(9(15)4-6)16-5-7-1-2-10(19-7)12(17)18/h1-4,16H,5H2,(H,17,18).